The molecule has 2 unspecified atom stereocenters. The van der Waals surface area contributed by atoms with Crippen LogP contribution in [0.4, 0.5) is 8.78 Å². The SMILES string of the molecule is O=c1ccc(C2CC(Br)CCO2)cn1CC(F)F. The summed E-state index contributed by atoms with van der Waals surface area (Å²) in [6, 6.07) is 2.97. The summed E-state index contributed by atoms with van der Waals surface area (Å²) in [4.78, 5) is 11.8. The van der Waals surface area contributed by atoms with Crippen LogP contribution in [0.2, 0.25) is 0 Å². The van der Waals surface area contributed by atoms with Gasteiger partial charge in [0, 0.05) is 23.7 Å². The number of hydrogen-bond donors (Lipinski definition) is 0. The maximum Gasteiger partial charge on any atom is 0.256 e. The van der Waals surface area contributed by atoms with Crippen LogP contribution >= 0.6 is 15.9 Å². The average molecular weight is 322 g/mol. The second-order valence-corrected chi connectivity index (χ2v) is 5.62. The molecular formula is C12H14BrF2NO2. The first-order chi connectivity index (χ1) is 8.56. The number of hydrogen-bond acceptors (Lipinski definition) is 2. The Balaban J connectivity index is 2.20. The minimum atomic E-state index is -2.53. The van der Waals surface area contributed by atoms with Gasteiger partial charge in [-0.2, -0.15) is 0 Å². The van der Waals surface area contributed by atoms with E-state index in [9.17, 15) is 13.6 Å². The van der Waals surface area contributed by atoms with Crippen molar-refractivity contribution in [3.8, 4) is 0 Å². The Bertz CT molecular complexity index is 464. The van der Waals surface area contributed by atoms with Gasteiger partial charge in [-0.25, -0.2) is 8.78 Å². The molecule has 0 N–H and O–H groups in total. The van der Waals surface area contributed by atoms with E-state index in [1.807, 2.05) is 0 Å². The third kappa shape index (κ3) is 3.38. The normalized spacial score (nSPS) is 24.4. The van der Waals surface area contributed by atoms with Gasteiger partial charge in [0.25, 0.3) is 12.0 Å². The summed E-state index contributed by atoms with van der Waals surface area (Å²) in [7, 11) is 0. The van der Waals surface area contributed by atoms with Crippen molar-refractivity contribution in [1.29, 1.82) is 0 Å². The zero-order valence-electron chi connectivity index (χ0n) is 9.69. The Labute approximate surface area is 112 Å². The molecule has 0 aliphatic carbocycles. The van der Waals surface area contributed by atoms with Crippen molar-refractivity contribution in [1.82, 2.24) is 4.57 Å². The second kappa shape index (κ2) is 5.93. The highest BCUT2D eigenvalue weighted by atomic mass is 79.9. The van der Waals surface area contributed by atoms with Crippen LogP contribution in [0.5, 0.6) is 0 Å². The molecule has 1 aliphatic heterocycles. The van der Waals surface area contributed by atoms with Crippen molar-refractivity contribution in [3.05, 3.63) is 34.2 Å². The molecule has 2 atom stereocenters. The van der Waals surface area contributed by atoms with Crippen LogP contribution in [0.1, 0.15) is 24.5 Å². The van der Waals surface area contributed by atoms with E-state index in [-0.39, 0.29) is 6.10 Å². The van der Waals surface area contributed by atoms with E-state index in [1.165, 1.54) is 12.3 Å². The Hall–Kier alpha value is -0.750. The maximum atomic E-state index is 12.3. The van der Waals surface area contributed by atoms with E-state index in [2.05, 4.69) is 15.9 Å². The maximum absolute atomic E-state index is 12.3. The first-order valence-corrected chi connectivity index (χ1v) is 6.72. The molecule has 18 heavy (non-hydrogen) atoms. The zero-order valence-corrected chi connectivity index (χ0v) is 11.3. The molecule has 0 amide bonds. The van der Waals surface area contributed by atoms with Gasteiger partial charge in [0.15, 0.2) is 0 Å². The van der Waals surface area contributed by atoms with Gasteiger partial charge in [-0.15, -0.1) is 0 Å². The van der Waals surface area contributed by atoms with E-state index in [0.717, 1.165) is 23.0 Å². The molecule has 2 rings (SSSR count). The summed E-state index contributed by atoms with van der Waals surface area (Å²) < 4.78 is 31.3. The first-order valence-electron chi connectivity index (χ1n) is 5.80. The van der Waals surface area contributed by atoms with Crippen LogP contribution in [-0.4, -0.2) is 22.4 Å². The van der Waals surface area contributed by atoms with Crippen molar-refractivity contribution in [2.45, 2.75) is 36.7 Å². The van der Waals surface area contributed by atoms with Crippen molar-refractivity contribution < 1.29 is 13.5 Å². The Morgan fingerprint density at radius 3 is 2.94 bits per heavy atom. The van der Waals surface area contributed by atoms with Gasteiger partial charge in [-0.3, -0.25) is 4.79 Å². The number of pyridine rings is 1. The molecule has 1 aliphatic rings. The van der Waals surface area contributed by atoms with Crippen LogP contribution in [-0.2, 0) is 11.3 Å². The summed E-state index contributed by atoms with van der Waals surface area (Å²) >= 11 is 3.53. The van der Waals surface area contributed by atoms with Crippen LogP contribution in [0.25, 0.3) is 0 Å². The molecule has 1 saturated heterocycles. The summed E-state index contributed by atoms with van der Waals surface area (Å²) in [5, 5.41) is 0. The molecule has 0 bridgehead atoms. The van der Waals surface area contributed by atoms with Crippen LogP contribution in [0, 0.1) is 0 Å². The zero-order chi connectivity index (χ0) is 13.1. The van der Waals surface area contributed by atoms with E-state index < -0.39 is 18.5 Å². The quantitative estimate of drug-likeness (QED) is 0.802. The summed E-state index contributed by atoms with van der Waals surface area (Å²) in [5.41, 5.74) is 0.365. The molecule has 100 valence electrons. The summed E-state index contributed by atoms with van der Waals surface area (Å²) in [6.07, 6.45) is 0.534. The molecule has 3 nitrogen and oxygen atoms in total. The predicted octanol–water partition coefficient (Wildman–Crippen LogP) is 2.73. The molecule has 1 aromatic rings. The second-order valence-electron chi connectivity index (χ2n) is 4.33. The van der Waals surface area contributed by atoms with Gasteiger partial charge in [-0.05, 0) is 24.5 Å². The number of rotatable bonds is 3. The fourth-order valence-electron chi connectivity index (χ4n) is 2.02. The fraction of sp³-hybridized carbons (Fsp3) is 0.583. The number of nitrogens with zero attached hydrogens (tertiary/aromatic N) is 1. The van der Waals surface area contributed by atoms with Gasteiger partial charge in [0.1, 0.15) is 0 Å². The third-order valence-electron chi connectivity index (χ3n) is 2.93. The molecule has 2 heterocycles. The molecule has 1 fully saturated rings. The van der Waals surface area contributed by atoms with Gasteiger partial charge < -0.3 is 9.30 Å². The number of halogens is 3. The van der Waals surface area contributed by atoms with Crippen LogP contribution < -0.4 is 5.56 Å². The highest BCUT2D eigenvalue weighted by Gasteiger charge is 2.22. The van der Waals surface area contributed by atoms with Crippen molar-refractivity contribution in [3.63, 3.8) is 0 Å². The Kier molecular flexibility index (Phi) is 4.50. The van der Waals surface area contributed by atoms with E-state index >= 15 is 0 Å². The Morgan fingerprint density at radius 2 is 2.28 bits per heavy atom. The topological polar surface area (TPSA) is 31.2 Å². The van der Waals surface area contributed by atoms with Gasteiger partial charge in [-0.1, -0.05) is 15.9 Å². The van der Waals surface area contributed by atoms with Gasteiger partial charge >= 0.3 is 0 Å². The molecule has 6 heteroatoms. The highest BCUT2D eigenvalue weighted by Crippen LogP contribution is 2.30. The number of ether oxygens (including phenoxy) is 1. The lowest BCUT2D eigenvalue weighted by atomic mass is 10.0. The number of alkyl halides is 3. The van der Waals surface area contributed by atoms with Crippen LogP contribution in [0.3, 0.4) is 0 Å². The first kappa shape index (κ1) is 13.7. The Morgan fingerprint density at radius 1 is 1.50 bits per heavy atom. The standard InChI is InChI=1S/C12H14BrF2NO2/c13-9-3-4-18-10(5-9)8-1-2-12(17)16(6-8)7-11(14)15/h1-2,6,9-11H,3-5,7H2. The molecule has 0 saturated carbocycles. The van der Waals surface area contributed by atoms with Crippen molar-refractivity contribution in [2.75, 3.05) is 6.61 Å². The van der Waals surface area contributed by atoms with Crippen molar-refractivity contribution >= 4 is 15.9 Å². The fourth-order valence-corrected chi connectivity index (χ4v) is 2.55. The minimum Gasteiger partial charge on any atom is -0.373 e. The van der Waals surface area contributed by atoms with E-state index in [0.29, 0.717) is 11.4 Å². The lowest BCUT2D eigenvalue weighted by Gasteiger charge is -2.26. The molecule has 0 radical (unpaired) electrons. The highest BCUT2D eigenvalue weighted by molar-refractivity contribution is 9.09. The smallest absolute Gasteiger partial charge is 0.256 e. The summed E-state index contributed by atoms with van der Waals surface area (Å²) in [6.45, 7) is 0.0612. The molecule has 0 aromatic carbocycles. The predicted molar refractivity (Wildman–Crippen MR) is 67.3 cm³/mol. The lowest BCUT2D eigenvalue weighted by molar-refractivity contribution is 0.0180. The lowest BCUT2D eigenvalue weighted by Crippen LogP contribution is -2.25. The molecular weight excluding hydrogens is 308 g/mol. The van der Waals surface area contributed by atoms with Gasteiger partial charge in [0.05, 0.1) is 12.6 Å². The largest absolute Gasteiger partial charge is 0.373 e. The van der Waals surface area contributed by atoms with Gasteiger partial charge in [0.2, 0.25) is 0 Å². The van der Waals surface area contributed by atoms with E-state index in [1.54, 1.807) is 6.07 Å². The number of aromatic nitrogens is 1. The van der Waals surface area contributed by atoms with Crippen molar-refractivity contribution in [2.24, 2.45) is 0 Å². The minimum absolute atomic E-state index is 0.132. The third-order valence-corrected chi connectivity index (χ3v) is 3.76. The summed E-state index contributed by atoms with van der Waals surface area (Å²) in [5.74, 6) is 0. The monoisotopic (exact) mass is 321 g/mol. The average Bonchev–Trinajstić information content (AvgIpc) is 2.31. The molecule has 0 spiro atoms. The van der Waals surface area contributed by atoms with Crippen LogP contribution in [0.15, 0.2) is 23.1 Å². The molecule has 1 aromatic heterocycles. The van der Waals surface area contributed by atoms with E-state index in [4.69, 9.17) is 4.74 Å².